The van der Waals surface area contributed by atoms with Crippen LogP contribution in [0.1, 0.15) is 30.9 Å². The van der Waals surface area contributed by atoms with E-state index < -0.39 is 0 Å². The van der Waals surface area contributed by atoms with Crippen molar-refractivity contribution in [2.75, 3.05) is 25.1 Å². The van der Waals surface area contributed by atoms with Crippen molar-refractivity contribution < 1.29 is 0 Å². The lowest BCUT2D eigenvalue weighted by Gasteiger charge is -2.11. The number of rotatable bonds is 8. The van der Waals surface area contributed by atoms with Gasteiger partial charge in [-0.3, -0.25) is 0 Å². The highest BCUT2D eigenvalue weighted by atomic mass is 32.2. The van der Waals surface area contributed by atoms with Crippen molar-refractivity contribution in [2.45, 2.75) is 26.3 Å². The van der Waals surface area contributed by atoms with Crippen molar-refractivity contribution in [3.63, 3.8) is 0 Å². The normalized spacial score (nSPS) is 11.0. The molecule has 0 spiro atoms. The summed E-state index contributed by atoms with van der Waals surface area (Å²) in [4.78, 5) is 4.56. The molecule has 4 nitrogen and oxygen atoms in total. The van der Waals surface area contributed by atoms with Gasteiger partial charge in [-0.05, 0) is 49.5 Å². The Hall–Kier alpha value is -1.67. The first-order valence-corrected chi connectivity index (χ1v) is 8.69. The summed E-state index contributed by atoms with van der Waals surface area (Å²) in [6.45, 7) is 4.41. The fourth-order valence-corrected chi connectivity index (χ4v) is 2.32. The van der Waals surface area contributed by atoms with Gasteiger partial charge >= 0.3 is 0 Å². The first kappa shape index (κ1) is 17.4. The maximum Gasteiger partial charge on any atom is 0.191 e. The molecule has 0 heterocycles. The lowest BCUT2D eigenvalue weighted by molar-refractivity contribution is 0.734. The highest BCUT2D eigenvalue weighted by Gasteiger charge is 1.98. The molecule has 0 aliphatic rings. The minimum Gasteiger partial charge on any atom is -0.357 e. The summed E-state index contributed by atoms with van der Waals surface area (Å²) in [7, 11) is 0. The number of thioether (sulfide) groups is 1. The summed E-state index contributed by atoms with van der Waals surface area (Å²) in [6.07, 6.45) is 4.50. The first-order chi connectivity index (χ1) is 10.3. The van der Waals surface area contributed by atoms with E-state index >= 15 is 0 Å². The molecular weight excluding hydrogens is 280 g/mol. The molecule has 114 valence electrons. The Morgan fingerprint density at radius 1 is 1.33 bits per heavy atom. The van der Waals surface area contributed by atoms with Crippen molar-refractivity contribution in [1.82, 2.24) is 10.6 Å². The Kier molecular flexibility index (Phi) is 9.14. The average molecular weight is 304 g/mol. The van der Waals surface area contributed by atoms with Crippen molar-refractivity contribution in [3.05, 3.63) is 35.4 Å². The second-order valence-electron chi connectivity index (χ2n) is 4.63. The van der Waals surface area contributed by atoms with E-state index in [1.165, 1.54) is 12.2 Å². The molecule has 1 aromatic carbocycles. The smallest absolute Gasteiger partial charge is 0.191 e. The summed E-state index contributed by atoms with van der Waals surface area (Å²) in [6, 6.07) is 9.73. The second-order valence-corrected chi connectivity index (χ2v) is 5.62. The highest BCUT2D eigenvalue weighted by molar-refractivity contribution is 7.98. The van der Waals surface area contributed by atoms with Gasteiger partial charge in [0.05, 0.1) is 18.2 Å². The van der Waals surface area contributed by atoms with Crippen LogP contribution in [0.25, 0.3) is 0 Å². The Labute approximate surface area is 132 Å². The van der Waals surface area contributed by atoms with E-state index in [-0.39, 0.29) is 0 Å². The van der Waals surface area contributed by atoms with Crippen LogP contribution in [0.15, 0.2) is 29.3 Å². The van der Waals surface area contributed by atoms with Gasteiger partial charge < -0.3 is 10.6 Å². The minimum atomic E-state index is 0.579. The van der Waals surface area contributed by atoms with E-state index in [1.54, 1.807) is 0 Å². The maximum atomic E-state index is 8.90. The van der Waals surface area contributed by atoms with Gasteiger partial charge in [-0.1, -0.05) is 12.1 Å². The van der Waals surface area contributed by atoms with Crippen LogP contribution < -0.4 is 10.6 Å². The molecule has 0 fully saturated rings. The van der Waals surface area contributed by atoms with E-state index in [0.29, 0.717) is 12.1 Å². The van der Waals surface area contributed by atoms with Gasteiger partial charge in [0.1, 0.15) is 0 Å². The molecule has 0 saturated heterocycles. The second kappa shape index (κ2) is 11.0. The van der Waals surface area contributed by atoms with Crippen molar-refractivity contribution >= 4 is 17.7 Å². The monoisotopic (exact) mass is 304 g/mol. The molecular formula is C16H24N4S. The molecule has 0 radical (unpaired) electrons. The Morgan fingerprint density at radius 2 is 2.19 bits per heavy atom. The number of nitrogens with one attached hydrogen (secondary N) is 2. The van der Waals surface area contributed by atoms with E-state index in [1.807, 2.05) is 36.0 Å². The quantitative estimate of drug-likeness (QED) is 0.440. The Bertz CT molecular complexity index is 479. The number of nitrogens with zero attached hydrogens (tertiary/aromatic N) is 2. The van der Waals surface area contributed by atoms with Gasteiger partial charge in [0.15, 0.2) is 5.96 Å². The Balaban J connectivity index is 2.48. The molecule has 0 bridgehead atoms. The standard InChI is InChI=1S/C16H24N4S/c1-3-18-16(19-9-4-5-10-21-2)20-13-15-8-6-7-14(11-15)12-17/h6-8,11H,3-5,9-10,13H2,1-2H3,(H2,18,19,20). The van der Waals surface area contributed by atoms with Crippen LogP contribution in [0.3, 0.4) is 0 Å². The molecule has 0 aromatic heterocycles. The summed E-state index contributed by atoms with van der Waals surface area (Å²) < 4.78 is 0. The number of unbranched alkanes of at least 4 members (excludes halogenated alkanes) is 1. The predicted octanol–water partition coefficient (Wildman–Crippen LogP) is 2.76. The van der Waals surface area contributed by atoms with Gasteiger partial charge in [-0.2, -0.15) is 17.0 Å². The average Bonchev–Trinajstić information content (AvgIpc) is 2.52. The molecule has 0 atom stereocenters. The Morgan fingerprint density at radius 3 is 2.90 bits per heavy atom. The number of hydrogen-bond acceptors (Lipinski definition) is 3. The number of guanidine groups is 1. The van der Waals surface area contributed by atoms with E-state index in [4.69, 9.17) is 5.26 Å². The summed E-state index contributed by atoms with van der Waals surface area (Å²) in [5.41, 5.74) is 1.73. The molecule has 21 heavy (non-hydrogen) atoms. The molecule has 0 unspecified atom stereocenters. The van der Waals surface area contributed by atoms with Crippen LogP contribution >= 0.6 is 11.8 Å². The van der Waals surface area contributed by atoms with Crippen LogP contribution in [0.4, 0.5) is 0 Å². The molecule has 0 saturated carbocycles. The third kappa shape index (κ3) is 7.62. The van der Waals surface area contributed by atoms with Crippen molar-refractivity contribution in [3.8, 4) is 6.07 Å². The van der Waals surface area contributed by atoms with E-state index in [0.717, 1.165) is 31.0 Å². The lowest BCUT2D eigenvalue weighted by atomic mass is 10.1. The molecule has 0 aliphatic heterocycles. The third-order valence-electron chi connectivity index (χ3n) is 2.89. The van der Waals surface area contributed by atoms with Crippen molar-refractivity contribution in [2.24, 2.45) is 4.99 Å². The minimum absolute atomic E-state index is 0.579. The van der Waals surface area contributed by atoms with Crippen LogP contribution in [0.2, 0.25) is 0 Å². The number of nitriles is 1. The zero-order valence-electron chi connectivity index (χ0n) is 12.9. The van der Waals surface area contributed by atoms with Crippen molar-refractivity contribution in [1.29, 1.82) is 5.26 Å². The van der Waals surface area contributed by atoms with Crippen LogP contribution in [-0.2, 0) is 6.54 Å². The van der Waals surface area contributed by atoms with Gasteiger partial charge in [-0.15, -0.1) is 0 Å². The number of benzene rings is 1. The summed E-state index contributed by atoms with van der Waals surface area (Å²) in [5.74, 6) is 2.04. The molecule has 2 N–H and O–H groups in total. The largest absolute Gasteiger partial charge is 0.357 e. The first-order valence-electron chi connectivity index (χ1n) is 7.30. The van der Waals surface area contributed by atoms with Gasteiger partial charge in [0.2, 0.25) is 0 Å². The number of hydrogen-bond donors (Lipinski definition) is 2. The zero-order chi connectivity index (χ0) is 15.3. The summed E-state index contributed by atoms with van der Waals surface area (Å²) >= 11 is 1.88. The van der Waals surface area contributed by atoms with Gasteiger partial charge in [0, 0.05) is 13.1 Å². The topological polar surface area (TPSA) is 60.2 Å². The maximum absolute atomic E-state index is 8.90. The van der Waals surface area contributed by atoms with Crippen LogP contribution in [0.5, 0.6) is 0 Å². The predicted molar refractivity (Wildman–Crippen MR) is 91.6 cm³/mol. The summed E-state index contributed by atoms with van der Waals surface area (Å²) in [5, 5.41) is 15.5. The highest BCUT2D eigenvalue weighted by Crippen LogP contribution is 2.05. The lowest BCUT2D eigenvalue weighted by Crippen LogP contribution is -2.37. The fourth-order valence-electron chi connectivity index (χ4n) is 1.83. The molecule has 0 amide bonds. The van der Waals surface area contributed by atoms with Gasteiger partial charge in [-0.25, -0.2) is 4.99 Å². The van der Waals surface area contributed by atoms with E-state index in [2.05, 4.69) is 34.9 Å². The molecule has 1 rings (SSSR count). The van der Waals surface area contributed by atoms with Crippen LogP contribution in [-0.4, -0.2) is 31.1 Å². The SMILES string of the molecule is CCNC(=NCc1cccc(C#N)c1)NCCCCSC. The number of aliphatic imine (C=N–C) groups is 1. The van der Waals surface area contributed by atoms with E-state index in [9.17, 15) is 0 Å². The molecule has 5 heteroatoms. The van der Waals surface area contributed by atoms with Crippen LogP contribution in [0, 0.1) is 11.3 Å². The third-order valence-corrected chi connectivity index (χ3v) is 3.58. The zero-order valence-corrected chi connectivity index (χ0v) is 13.7. The fraction of sp³-hybridized carbons (Fsp3) is 0.500. The molecule has 1 aromatic rings. The van der Waals surface area contributed by atoms with Gasteiger partial charge in [0.25, 0.3) is 0 Å². The molecule has 0 aliphatic carbocycles.